The van der Waals surface area contributed by atoms with E-state index in [4.69, 9.17) is 0 Å². The molecule has 1 aromatic carbocycles. The van der Waals surface area contributed by atoms with Crippen molar-refractivity contribution in [1.29, 1.82) is 0 Å². The summed E-state index contributed by atoms with van der Waals surface area (Å²) in [6.45, 7) is 1.83. The Morgan fingerprint density at radius 2 is 2.07 bits per heavy atom. The van der Waals surface area contributed by atoms with Gasteiger partial charge in [-0.15, -0.1) is 0 Å². The highest BCUT2D eigenvalue weighted by molar-refractivity contribution is 6.01. The zero-order chi connectivity index (χ0) is 10.3. The maximum atomic E-state index is 13.3. The molecule has 0 saturated carbocycles. The highest BCUT2D eigenvalue weighted by Gasteiger charge is 2.27. The molecular formula is C11H10F2O. The van der Waals surface area contributed by atoms with Crippen LogP contribution in [0.1, 0.15) is 34.8 Å². The molecule has 0 heterocycles. The van der Waals surface area contributed by atoms with E-state index in [2.05, 4.69) is 0 Å². The second-order valence-electron chi connectivity index (χ2n) is 3.46. The van der Waals surface area contributed by atoms with Gasteiger partial charge in [0.05, 0.1) is 0 Å². The first-order chi connectivity index (χ1) is 6.65. The average molecular weight is 196 g/mol. The van der Waals surface area contributed by atoms with Crippen molar-refractivity contribution in [3.05, 3.63) is 34.4 Å². The molecule has 14 heavy (non-hydrogen) atoms. The summed E-state index contributed by atoms with van der Waals surface area (Å²) in [4.78, 5) is 11.4. The van der Waals surface area contributed by atoms with Crippen LogP contribution >= 0.6 is 0 Å². The van der Waals surface area contributed by atoms with Crippen molar-refractivity contribution in [2.24, 2.45) is 0 Å². The molecule has 1 aromatic rings. The number of hydrogen-bond donors (Lipinski definition) is 0. The largest absolute Gasteiger partial charge is 0.294 e. The van der Waals surface area contributed by atoms with E-state index < -0.39 is 11.6 Å². The molecule has 0 saturated heterocycles. The second kappa shape index (κ2) is 3.15. The monoisotopic (exact) mass is 196 g/mol. The van der Waals surface area contributed by atoms with Crippen molar-refractivity contribution in [3.63, 3.8) is 0 Å². The summed E-state index contributed by atoms with van der Waals surface area (Å²) in [6, 6.07) is 1.14. The minimum Gasteiger partial charge on any atom is -0.294 e. The Balaban J connectivity index is 2.72. The van der Waals surface area contributed by atoms with Crippen LogP contribution in [0.25, 0.3) is 0 Å². The van der Waals surface area contributed by atoms with E-state index in [1.165, 1.54) is 0 Å². The lowest BCUT2D eigenvalue weighted by atomic mass is 10.00. The Hall–Kier alpha value is -1.25. The van der Waals surface area contributed by atoms with Gasteiger partial charge in [0, 0.05) is 17.5 Å². The number of aryl methyl sites for hydroxylation is 1. The summed E-state index contributed by atoms with van der Waals surface area (Å²) >= 11 is 0. The molecule has 0 aliphatic heterocycles. The van der Waals surface area contributed by atoms with Crippen LogP contribution in [-0.4, -0.2) is 5.78 Å². The number of fused-ring (bicyclic) bond motifs is 1. The van der Waals surface area contributed by atoms with E-state index in [9.17, 15) is 13.6 Å². The van der Waals surface area contributed by atoms with Gasteiger partial charge in [-0.05, 0) is 24.5 Å². The topological polar surface area (TPSA) is 17.1 Å². The van der Waals surface area contributed by atoms with Crippen LogP contribution in [0.5, 0.6) is 0 Å². The van der Waals surface area contributed by atoms with Crippen LogP contribution in [-0.2, 0) is 12.8 Å². The number of benzene rings is 1. The van der Waals surface area contributed by atoms with E-state index >= 15 is 0 Å². The van der Waals surface area contributed by atoms with E-state index in [1.807, 2.05) is 6.92 Å². The first-order valence-corrected chi connectivity index (χ1v) is 4.68. The number of carbonyl (C=O) groups excluding carboxylic acids is 1. The molecular weight excluding hydrogens is 186 g/mol. The number of rotatable bonds is 1. The third-order valence-electron chi connectivity index (χ3n) is 2.66. The third kappa shape index (κ3) is 1.15. The van der Waals surface area contributed by atoms with Crippen LogP contribution in [0.15, 0.2) is 6.07 Å². The van der Waals surface area contributed by atoms with Gasteiger partial charge in [0.1, 0.15) is 0 Å². The maximum absolute atomic E-state index is 13.3. The molecule has 0 spiro atoms. The summed E-state index contributed by atoms with van der Waals surface area (Å²) in [5.41, 5.74) is 1.32. The number of hydrogen-bond acceptors (Lipinski definition) is 1. The van der Waals surface area contributed by atoms with Crippen LogP contribution in [0.3, 0.4) is 0 Å². The molecule has 1 aliphatic carbocycles. The summed E-state index contributed by atoms with van der Waals surface area (Å²) in [5.74, 6) is -1.74. The fourth-order valence-corrected chi connectivity index (χ4v) is 1.96. The third-order valence-corrected chi connectivity index (χ3v) is 2.66. The van der Waals surface area contributed by atoms with Crippen molar-refractivity contribution >= 4 is 5.78 Å². The van der Waals surface area contributed by atoms with E-state index in [0.29, 0.717) is 30.4 Å². The molecule has 0 fully saturated rings. The zero-order valence-corrected chi connectivity index (χ0v) is 7.86. The normalized spacial score (nSPS) is 14.6. The molecule has 1 aliphatic rings. The highest BCUT2D eigenvalue weighted by atomic mass is 19.2. The number of ketones is 1. The zero-order valence-electron chi connectivity index (χ0n) is 7.86. The summed E-state index contributed by atoms with van der Waals surface area (Å²) in [6.07, 6.45) is 1.21. The minimum absolute atomic E-state index is 0.0595. The van der Waals surface area contributed by atoms with E-state index in [1.54, 1.807) is 0 Å². The quantitative estimate of drug-likeness (QED) is 0.674. The molecule has 0 unspecified atom stereocenters. The molecule has 1 nitrogen and oxygen atoms in total. The van der Waals surface area contributed by atoms with Gasteiger partial charge in [-0.2, -0.15) is 0 Å². The van der Waals surface area contributed by atoms with E-state index in [0.717, 1.165) is 6.07 Å². The SMILES string of the molecule is CCc1cc(F)c(F)c2c1C(=O)CC2. The van der Waals surface area contributed by atoms with E-state index in [-0.39, 0.29) is 11.3 Å². The van der Waals surface area contributed by atoms with Gasteiger partial charge >= 0.3 is 0 Å². The highest BCUT2D eigenvalue weighted by Crippen LogP contribution is 2.29. The molecule has 0 atom stereocenters. The Kier molecular flexibility index (Phi) is 2.10. The van der Waals surface area contributed by atoms with Crippen molar-refractivity contribution in [3.8, 4) is 0 Å². The average Bonchev–Trinajstić information content (AvgIpc) is 2.55. The molecule has 0 aromatic heterocycles. The Morgan fingerprint density at radius 3 is 2.71 bits per heavy atom. The van der Waals surface area contributed by atoms with Gasteiger partial charge in [-0.1, -0.05) is 6.92 Å². The summed E-state index contributed by atoms with van der Waals surface area (Å²) in [5, 5.41) is 0. The van der Waals surface area contributed by atoms with Crippen molar-refractivity contribution in [2.45, 2.75) is 26.2 Å². The second-order valence-corrected chi connectivity index (χ2v) is 3.46. The molecule has 0 amide bonds. The molecule has 0 bridgehead atoms. The minimum atomic E-state index is -0.844. The van der Waals surface area contributed by atoms with Crippen molar-refractivity contribution < 1.29 is 13.6 Å². The summed E-state index contributed by atoms with van der Waals surface area (Å²) < 4.78 is 26.3. The maximum Gasteiger partial charge on any atom is 0.163 e. The Morgan fingerprint density at radius 1 is 1.36 bits per heavy atom. The lowest BCUT2D eigenvalue weighted by molar-refractivity contribution is 0.0994. The van der Waals surface area contributed by atoms with Gasteiger partial charge in [-0.3, -0.25) is 4.79 Å². The number of halogens is 2. The lowest BCUT2D eigenvalue weighted by Gasteiger charge is -2.06. The molecule has 0 N–H and O–H groups in total. The predicted molar refractivity (Wildman–Crippen MR) is 48.4 cm³/mol. The molecule has 3 heteroatoms. The Bertz CT molecular complexity index is 410. The molecule has 0 radical (unpaired) electrons. The lowest BCUT2D eigenvalue weighted by Crippen LogP contribution is -2.02. The molecule has 2 rings (SSSR count). The number of Topliss-reactive ketones (excluding diaryl/α,β-unsaturated/α-hetero) is 1. The Labute approximate surface area is 80.7 Å². The van der Waals surface area contributed by atoms with Crippen molar-refractivity contribution in [1.82, 2.24) is 0 Å². The number of carbonyl (C=O) groups is 1. The predicted octanol–water partition coefficient (Wildman–Crippen LogP) is 2.66. The van der Waals surface area contributed by atoms with Gasteiger partial charge in [-0.25, -0.2) is 8.78 Å². The van der Waals surface area contributed by atoms with Crippen LogP contribution in [0.4, 0.5) is 8.78 Å². The van der Waals surface area contributed by atoms with Gasteiger partial charge in [0.2, 0.25) is 0 Å². The fourth-order valence-electron chi connectivity index (χ4n) is 1.96. The fraction of sp³-hybridized carbons (Fsp3) is 0.364. The van der Waals surface area contributed by atoms with Gasteiger partial charge < -0.3 is 0 Å². The van der Waals surface area contributed by atoms with Crippen LogP contribution in [0.2, 0.25) is 0 Å². The van der Waals surface area contributed by atoms with Crippen molar-refractivity contribution in [2.75, 3.05) is 0 Å². The standard InChI is InChI=1S/C11H10F2O/c1-2-6-5-8(12)11(13)7-3-4-9(14)10(6)7/h5H,2-4H2,1H3. The van der Waals surface area contributed by atoms with Crippen LogP contribution in [0, 0.1) is 11.6 Å². The summed E-state index contributed by atoms with van der Waals surface area (Å²) in [7, 11) is 0. The first-order valence-electron chi connectivity index (χ1n) is 4.68. The van der Waals surface area contributed by atoms with Crippen LogP contribution < -0.4 is 0 Å². The van der Waals surface area contributed by atoms with Gasteiger partial charge in [0.25, 0.3) is 0 Å². The van der Waals surface area contributed by atoms with Gasteiger partial charge in [0.15, 0.2) is 17.4 Å². The molecule has 74 valence electrons. The smallest absolute Gasteiger partial charge is 0.163 e. The first kappa shape index (κ1) is 9.31.